The highest BCUT2D eigenvalue weighted by atomic mass is 16.2. The Bertz CT molecular complexity index is 652. The summed E-state index contributed by atoms with van der Waals surface area (Å²) in [6.45, 7) is 4.25. The van der Waals surface area contributed by atoms with Crippen LogP contribution in [0, 0.1) is 5.92 Å². The summed E-state index contributed by atoms with van der Waals surface area (Å²) in [4.78, 5) is 27.3. The van der Waals surface area contributed by atoms with Crippen LogP contribution in [0.1, 0.15) is 42.7 Å². The van der Waals surface area contributed by atoms with Crippen molar-refractivity contribution in [2.75, 3.05) is 0 Å². The van der Waals surface area contributed by atoms with Crippen molar-refractivity contribution in [1.82, 2.24) is 14.6 Å². The molecule has 0 bridgehead atoms. The van der Waals surface area contributed by atoms with Crippen LogP contribution in [0.5, 0.6) is 0 Å². The predicted molar refractivity (Wildman–Crippen MR) is 72.1 cm³/mol. The van der Waals surface area contributed by atoms with E-state index < -0.39 is 5.91 Å². The van der Waals surface area contributed by atoms with Crippen LogP contribution in [0.2, 0.25) is 0 Å². The maximum Gasteiger partial charge on any atom is 0.256 e. The number of hydrogen-bond donors (Lipinski definition) is 2. The summed E-state index contributed by atoms with van der Waals surface area (Å²) < 4.78 is 1.67. The number of H-pyrrole nitrogens is 1. The topological polar surface area (TPSA) is 93.2 Å². The van der Waals surface area contributed by atoms with Crippen molar-refractivity contribution in [3.05, 3.63) is 33.9 Å². The number of amides is 1. The van der Waals surface area contributed by atoms with Crippen LogP contribution in [0.4, 0.5) is 0 Å². The molecule has 0 aliphatic rings. The number of primary amides is 1. The fourth-order valence-corrected chi connectivity index (χ4v) is 2.32. The number of aromatic nitrogens is 3. The SMILES string of the molecule is CCC(CC)Cc1cc(=O)c(C(N)=O)c2nc[nH]n12. The molecule has 102 valence electrons. The number of carbonyl (C=O) groups excluding carboxylic acids is 1. The molecule has 0 atom stereocenters. The second kappa shape index (κ2) is 5.26. The molecule has 1 amide bonds. The van der Waals surface area contributed by atoms with Gasteiger partial charge < -0.3 is 5.73 Å². The summed E-state index contributed by atoms with van der Waals surface area (Å²) >= 11 is 0. The summed E-state index contributed by atoms with van der Waals surface area (Å²) in [7, 11) is 0. The normalized spacial score (nSPS) is 11.3. The van der Waals surface area contributed by atoms with Crippen molar-refractivity contribution >= 4 is 11.6 Å². The van der Waals surface area contributed by atoms with Crippen molar-refractivity contribution in [1.29, 1.82) is 0 Å². The summed E-state index contributed by atoms with van der Waals surface area (Å²) in [6, 6.07) is 1.48. The highest BCUT2D eigenvalue weighted by Crippen LogP contribution is 2.16. The van der Waals surface area contributed by atoms with Crippen LogP contribution in [-0.4, -0.2) is 20.5 Å². The van der Waals surface area contributed by atoms with E-state index in [1.807, 2.05) is 0 Å². The zero-order valence-corrected chi connectivity index (χ0v) is 11.1. The summed E-state index contributed by atoms with van der Waals surface area (Å²) in [5.74, 6) is -0.249. The number of nitrogens with one attached hydrogen (secondary N) is 1. The average molecular weight is 262 g/mol. The number of fused-ring (bicyclic) bond motifs is 1. The Morgan fingerprint density at radius 3 is 2.74 bits per heavy atom. The zero-order valence-electron chi connectivity index (χ0n) is 11.1. The molecule has 6 nitrogen and oxygen atoms in total. The van der Waals surface area contributed by atoms with E-state index in [-0.39, 0.29) is 11.0 Å². The molecule has 3 N–H and O–H groups in total. The Morgan fingerprint density at radius 1 is 1.47 bits per heavy atom. The molecule has 0 spiro atoms. The second-order valence-corrected chi connectivity index (χ2v) is 4.67. The molecule has 0 unspecified atom stereocenters. The van der Waals surface area contributed by atoms with Gasteiger partial charge in [0.1, 0.15) is 11.9 Å². The van der Waals surface area contributed by atoms with Gasteiger partial charge in [-0.15, -0.1) is 0 Å². The van der Waals surface area contributed by atoms with Crippen molar-refractivity contribution in [2.24, 2.45) is 11.7 Å². The van der Waals surface area contributed by atoms with Crippen LogP contribution < -0.4 is 11.2 Å². The minimum atomic E-state index is -0.747. The molecule has 0 saturated heterocycles. The number of carbonyl (C=O) groups is 1. The molecular formula is C13H18N4O2. The Hall–Kier alpha value is -2.11. The number of nitrogens with zero attached hydrogens (tertiary/aromatic N) is 2. The second-order valence-electron chi connectivity index (χ2n) is 4.67. The molecule has 0 radical (unpaired) electrons. The van der Waals surface area contributed by atoms with Crippen molar-refractivity contribution in [3.63, 3.8) is 0 Å². The maximum absolute atomic E-state index is 12.0. The van der Waals surface area contributed by atoms with Gasteiger partial charge in [0.05, 0.1) is 0 Å². The Labute approximate surface area is 110 Å². The molecule has 6 heteroatoms. The van der Waals surface area contributed by atoms with Crippen molar-refractivity contribution in [2.45, 2.75) is 33.1 Å². The lowest BCUT2D eigenvalue weighted by molar-refractivity contribution is 0.100. The van der Waals surface area contributed by atoms with Crippen LogP contribution in [0.25, 0.3) is 5.65 Å². The van der Waals surface area contributed by atoms with Crippen LogP contribution in [0.15, 0.2) is 17.2 Å². The molecular weight excluding hydrogens is 244 g/mol. The van der Waals surface area contributed by atoms with E-state index in [1.165, 1.54) is 12.4 Å². The quantitative estimate of drug-likeness (QED) is 0.845. The molecule has 2 aromatic heterocycles. The molecule has 0 fully saturated rings. The third-order valence-electron chi connectivity index (χ3n) is 3.54. The minimum absolute atomic E-state index is 0.0606. The van der Waals surface area contributed by atoms with Crippen LogP contribution in [-0.2, 0) is 6.42 Å². The van der Waals surface area contributed by atoms with Gasteiger partial charge in [0, 0.05) is 11.8 Å². The molecule has 0 aromatic carbocycles. The van der Waals surface area contributed by atoms with Gasteiger partial charge in [-0.3, -0.25) is 14.7 Å². The van der Waals surface area contributed by atoms with Crippen molar-refractivity contribution < 1.29 is 4.79 Å². The highest BCUT2D eigenvalue weighted by molar-refractivity contribution is 5.98. The number of pyridine rings is 1. The van der Waals surface area contributed by atoms with Crippen molar-refractivity contribution in [3.8, 4) is 0 Å². The summed E-state index contributed by atoms with van der Waals surface area (Å²) in [6.07, 6.45) is 4.30. The third-order valence-corrected chi connectivity index (χ3v) is 3.54. The first-order chi connectivity index (χ1) is 9.08. The molecule has 0 aliphatic heterocycles. The minimum Gasteiger partial charge on any atom is -0.365 e. The number of nitrogens with two attached hydrogens (primary N) is 1. The average Bonchev–Trinajstić information content (AvgIpc) is 2.83. The molecule has 2 heterocycles. The largest absolute Gasteiger partial charge is 0.365 e. The van der Waals surface area contributed by atoms with E-state index in [2.05, 4.69) is 23.9 Å². The molecule has 0 saturated carbocycles. The molecule has 0 aliphatic carbocycles. The van der Waals surface area contributed by atoms with Crippen LogP contribution >= 0.6 is 0 Å². The van der Waals surface area contributed by atoms with Gasteiger partial charge in [-0.05, 0) is 12.3 Å². The Morgan fingerprint density at radius 2 is 2.16 bits per heavy atom. The first kappa shape index (κ1) is 13.3. The first-order valence-electron chi connectivity index (χ1n) is 6.46. The molecule has 19 heavy (non-hydrogen) atoms. The van der Waals surface area contributed by atoms with Gasteiger partial charge in [0.15, 0.2) is 11.1 Å². The van der Waals surface area contributed by atoms with Gasteiger partial charge >= 0.3 is 0 Å². The van der Waals surface area contributed by atoms with E-state index in [1.54, 1.807) is 4.52 Å². The lowest BCUT2D eigenvalue weighted by Gasteiger charge is -2.13. The summed E-state index contributed by atoms with van der Waals surface area (Å²) in [5, 5.41) is 2.92. The van der Waals surface area contributed by atoms with Gasteiger partial charge in [-0.1, -0.05) is 26.7 Å². The fraction of sp³-hybridized carbons (Fsp3) is 0.462. The van der Waals surface area contributed by atoms with E-state index in [0.717, 1.165) is 25.0 Å². The lowest BCUT2D eigenvalue weighted by atomic mass is 9.97. The monoisotopic (exact) mass is 262 g/mol. The number of aromatic amines is 1. The van der Waals surface area contributed by atoms with E-state index in [0.29, 0.717) is 11.6 Å². The maximum atomic E-state index is 12.0. The summed E-state index contributed by atoms with van der Waals surface area (Å²) in [5.41, 5.74) is 5.95. The predicted octanol–water partition coefficient (Wildman–Crippen LogP) is 1.10. The first-order valence-corrected chi connectivity index (χ1v) is 6.46. The van der Waals surface area contributed by atoms with Gasteiger partial charge in [0.25, 0.3) is 5.91 Å². The highest BCUT2D eigenvalue weighted by Gasteiger charge is 2.17. The van der Waals surface area contributed by atoms with E-state index in [4.69, 9.17) is 5.73 Å². The Kier molecular flexibility index (Phi) is 3.69. The lowest BCUT2D eigenvalue weighted by Crippen LogP contribution is -2.25. The van der Waals surface area contributed by atoms with Gasteiger partial charge in [-0.2, -0.15) is 0 Å². The molecule has 2 rings (SSSR count). The standard InChI is InChI=1S/C13H18N4O2/c1-3-8(4-2)5-9-6-10(18)11(12(14)19)13-15-7-16-17(9)13/h6-8H,3-5H2,1-2H3,(H2,14,19)(H,15,16). The zero-order chi connectivity index (χ0) is 14.0. The van der Waals surface area contributed by atoms with Gasteiger partial charge in [-0.25, -0.2) is 9.50 Å². The van der Waals surface area contributed by atoms with Crippen LogP contribution in [0.3, 0.4) is 0 Å². The smallest absolute Gasteiger partial charge is 0.256 e. The fourth-order valence-electron chi connectivity index (χ4n) is 2.32. The third kappa shape index (κ3) is 2.38. The van der Waals surface area contributed by atoms with E-state index >= 15 is 0 Å². The number of hydrogen-bond acceptors (Lipinski definition) is 3. The van der Waals surface area contributed by atoms with Gasteiger partial charge in [0.2, 0.25) is 0 Å². The Balaban J connectivity index is 2.58. The number of rotatable bonds is 5. The molecule has 2 aromatic rings. The van der Waals surface area contributed by atoms with E-state index in [9.17, 15) is 9.59 Å².